The number of hydrazine groups is 1. The maximum atomic E-state index is 10.9. The number of carbonyl (C=O) groups is 1. The zero-order valence-electron chi connectivity index (χ0n) is 9.83. The average Bonchev–Trinajstić information content (AvgIpc) is 2.32. The second-order valence-electron chi connectivity index (χ2n) is 3.78. The number of aryl methyl sites for hydroxylation is 1. The lowest BCUT2D eigenvalue weighted by Crippen LogP contribution is -2.29. The van der Waals surface area contributed by atoms with Crippen molar-refractivity contribution in [2.45, 2.75) is 26.2 Å². The van der Waals surface area contributed by atoms with Gasteiger partial charge in [0.15, 0.2) is 0 Å². The van der Waals surface area contributed by atoms with Gasteiger partial charge in [0.2, 0.25) is 5.91 Å². The minimum Gasteiger partial charge on any atom is -0.493 e. The molecule has 1 rings (SSSR count). The van der Waals surface area contributed by atoms with Crippen LogP contribution in [0.15, 0.2) is 22.7 Å². The molecule has 0 aliphatic carbocycles. The zero-order chi connectivity index (χ0) is 12.7. The quantitative estimate of drug-likeness (QED) is 0.367. The van der Waals surface area contributed by atoms with E-state index in [1.165, 1.54) is 0 Å². The smallest absolute Gasteiger partial charge is 0.233 e. The molecule has 0 saturated carbocycles. The first-order chi connectivity index (χ1) is 8.13. The highest BCUT2D eigenvalue weighted by molar-refractivity contribution is 9.10. The molecule has 0 fully saturated rings. The molecule has 3 N–H and O–H groups in total. The standard InChI is InChI=1S/C12H17BrN2O2/c1-9-5-6-10(13)8-11(9)17-7-3-2-4-12(16)15-14/h5-6,8H,2-4,7,14H2,1H3,(H,15,16). The van der Waals surface area contributed by atoms with E-state index in [1.807, 2.05) is 25.1 Å². The molecule has 1 aromatic carbocycles. The number of nitrogens with one attached hydrogen (secondary N) is 1. The third kappa shape index (κ3) is 5.19. The van der Waals surface area contributed by atoms with Crippen LogP contribution in [0.3, 0.4) is 0 Å². The monoisotopic (exact) mass is 300 g/mol. The van der Waals surface area contributed by atoms with E-state index < -0.39 is 0 Å². The van der Waals surface area contributed by atoms with E-state index in [9.17, 15) is 4.79 Å². The summed E-state index contributed by atoms with van der Waals surface area (Å²) in [5, 5.41) is 0. The highest BCUT2D eigenvalue weighted by Gasteiger charge is 2.01. The maximum absolute atomic E-state index is 10.9. The van der Waals surface area contributed by atoms with Crippen LogP contribution in [0.2, 0.25) is 0 Å². The molecule has 17 heavy (non-hydrogen) atoms. The Balaban J connectivity index is 2.26. The van der Waals surface area contributed by atoms with Gasteiger partial charge in [-0.2, -0.15) is 0 Å². The van der Waals surface area contributed by atoms with E-state index in [-0.39, 0.29) is 5.91 Å². The van der Waals surface area contributed by atoms with Gasteiger partial charge in [0.1, 0.15) is 5.75 Å². The normalized spacial score (nSPS) is 10.1. The van der Waals surface area contributed by atoms with Crippen molar-refractivity contribution in [1.82, 2.24) is 5.43 Å². The van der Waals surface area contributed by atoms with Crippen LogP contribution in [0, 0.1) is 6.92 Å². The molecule has 0 aliphatic rings. The summed E-state index contributed by atoms with van der Waals surface area (Å²) in [6.07, 6.45) is 2.05. The van der Waals surface area contributed by atoms with E-state index in [2.05, 4.69) is 21.4 Å². The first-order valence-electron chi connectivity index (χ1n) is 5.52. The minimum absolute atomic E-state index is 0.136. The Morgan fingerprint density at radius 2 is 2.24 bits per heavy atom. The molecule has 0 unspecified atom stereocenters. The predicted octanol–water partition coefficient (Wildman–Crippen LogP) is 2.30. The van der Waals surface area contributed by atoms with E-state index in [0.29, 0.717) is 13.0 Å². The second-order valence-corrected chi connectivity index (χ2v) is 4.70. The summed E-state index contributed by atoms with van der Waals surface area (Å²) < 4.78 is 6.64. The van der Waals surface area contributed by atoms with E-state index >= 15 is 0 Å². The average molecular weight is 301 g/mol. The molecule has 1 aromatic rings. The third-order valence-corrected chi connectivity index (χ3v) is 2.86. The summed E-state index contributed by atoms with van der Waals surface area (Å²) in [4.78, 5) is 10.9. The molecular weight excluding hydrogens is 284 g/mol. The molecule has 0 saturated heterocycles. The maximum Gasteiger partial charge on any atom is 0.233 e. The summed E-state index contributed by atoms with van der Waals surface area (Å²) in [5.74, 6) is 5.72. The van der Waals surface area contributed by atoms with Gasteiger partial charge in [0, 0.05) is 10.9 Å². The molecule has 0 bridgehead atoms. The largest absolute Gasteiger partial charge is 0.493 e. The van der Waals surface area contributed by atoms with Gasteiger partial charge in [-0.05, 0) is 37.5 Å². The second kappa shape index (κ2) is 7.29. The Kier molecular flexibility index (Phi) is 6.00. The molecule has 1 amide bonds. The molecule has 0 aromatic heterocycles. The fourth-order valence-corrected chi connectivity index (χ4v) is 1.71. The van der Waals surface area contributed by atoms with Gasteiger partial charge in [-0.15, -0.1) is 0 Å². The highest BCUT2D eigenvalue weighted by Crippen LogP contribution is 2.23. The van der Waals surface area contributed by atoms with Gasteiger partial charge in [-0.3, -0.25) is 10.2 Å². The molecule has 0 heterocycles. The van der Waals surface area contributed by atoms with E-state index in [4.69, 9.17) is 10.6 Å². The lowest BCUT2D eigenvalue weighted by molar-refractivity contribution is -0.121. The Bertz CT molecular complexity index is 383. The van der Waals surface area contributed by atoms with Crippen molar-refractivity contribution in [3.05, 3.63) is 28.2 Å². The topological polar surface area (TPSA) is 64.3 Å². The minimum atomic E-state index is -0.136. The van der Waals surface area contributed by atoms with Crippen LogP contribution in [0.25, 0.3) is 0 Å². The summed E-state index contributed by atoms with van der Waals surface area (Å²) in [7, 11) is 0. The van der Waals surface area contributed by atoms with Crippen molar-refractivity contribution < 1.29 is 9.53 Å². The van der Waals surface area contributed by atoms with Gasteiger partial charge in [-0.1, -0.05) is 22.0 Å². The number of hydrogen-bond donors (Lipinski definition) is 2. The number of nitrogens with two attached hydrogens (primary N) is 1. The summed E-state index contributed by atoms with van der Waals surface area (Å²) in [6.45, 7) is 2.61. The van der Waals surface area contributed by atoms with E-state index in [1.54, 1.807) is 0 Å². The lowest BCUT2D eigenvalue weighted by atomic mass is 10.2. The van der Waals surface area contributed by atoms with Crippen LogP contribution >= 0.6 is 15.9 Å². The zero-order valence-corrected chi connectivity index (χ0v) is 11.4. The van der Waals surface area contributed by atoms with Crippen molar-refractivity contribution in [2.24, 2.45) is 5.84 Å². The van der Waals surface area contributed by atoms with Crippen LogP contribution in [0.5, 0.6) is 5.75 Å². The summed E-state index contributed by atoms with van der Waals surface area (Å²) in [5.41, 5.74) is 3.21. The number of carbonyl (C=O) groups excluding carboxylic acids is 1. The van der Waals surface area contributed by atoms with Gasteiger partial charge in [0.25, 0.3) is 0 Å². The van der Waals surface area contributed by atoms with E-state index in [0.717, 1.165) is 28.6 Å². The molecule has 94 valence electrons. The van der Waals surface area contributed by atoms with Crippen molar-refractivity contribution in [3.8, 4) is 5.75 Å². The van der Waals surface area contributed by atoms with Gasteiger partial charge >= 0.3 is 0 Å². The number of amides is 1. The van der Waals surface area contributed by atoms with Crippen LogP contribution in [-0.4, -0.2) is 12.5 Å². The Hall–Kier alpha value is -1.07. The number of benzene rings is 1. The number of hydrogen-bond acceptors (Lipinski definition) is 3. The van der Waals surface area contributed by atoms with Crippen LogP contribution in [-0.2, 0) is 4.79 Å². The first kappa shape index (κ1) is 14.0. The Morgan fingerprint density at radius 1 is 1.47 bits per heavy atom. The van der Waals surface area contributed by atoms with Crippen molar-refractivity contribution in [1.29, 1.82) is 0 Å². The molecular formula is C12H17BrN2O2. The summed E-state index contributed by atoms with van der Waals surface area (Å²) >= 11 is 3.40. The third-order valence-electron chi connectivity index (χ3n) is 2.37. The highest BCUT2D eigenvalue weighted by atomic mass is 79.9. The van der Waals surface area contributed by atoms with Crippen LogP contribution in [0.1, 0.15) is 24.8 Å². The fraction of sp³-hybridized carbons (Fsp3) is 0.417. The van der Waals surface area contributed by atoms with Crippen molar-refractivity contribution in [2.75, 3.05) is 6.61 Å². The molecule has 5 heteroatoms. The van der Waals surface area contributed by atoms with Crippen molar-refractivity contribution in [3.63, 3.8) is 0 Å². The van der Waals surface area contributed by atoms with Crippen molar-refractivity contribution >= 4 is 21.8 Å². The number of rotatable bonds is 6. The SMILES string of the molecule is Cc1ccc(Br)cc1OCCCCC(=O)NN. The Labute approximate surface area is 110 Å². The predicted molar refractivity (Wildman–Crippen MR) is 70.6 cm³/mol. The van der Waals surface area contributed by atoms with Gasteiger partial charge in [0.05, 0.1) is 6.61 Å². The van der Waals surface area contributed by atoms with Crippen LogP contribution < -0.4 is 16.0 Å². The molecule has 0 radical (unpaired) electrons. The van der Waals surface area contributed by atoms with Gasteiger partial charge in [-0.25, -0.2) is 5.84 Å². The number of halogens is 1. The molecule has 0 spiro atoms. The first-order valence-corrected chi connectivity index (χ1v) is 6.31. The molecule has 0 atom stereocenters. The van der Waals surface area contributed by atoms with Crippen LogP contribution in [0.4, 0.5) is 0 Å². The summed E-state index contributed by atoms with van der Waals surface area (Å²) in [6, 6.07) is 5.93. The molecule has 4 nitrogen and oxygen atoms in total. The fourth-order valence-electron chi connectivity index (χ4n) is 1.37. The number of unbranched alkanes of at least 4 members (excludes halogenated alkanes) is 1. The number of ether oxygens (including phenoxy) is 1. The Morgan fingerprint density at radius 3 is 2.94 bits per heavy atom. The lowest BCUT2D eigenvalue weighted by Gasteiger charge is -2.09. The van der Waals surface area contributed by atoms with Gasteiger partial charge < -0.3 is 4.74 Å². The molecule has 0 aliphatic heterocycles.